The summed E-state index contributed by atoms with van der Waals surface area (Å²) in [6, 6.07) is -6.24. The molecule has 0 radical (unpaired) electrons. The van der Waals surface area contributed by atoms with Gasteiger partial charge in [0.1, 0.15) is 17.9 Å². The molecule has 1 rings (SSSR count). The fraction of sp³-hybridized carbons (Fsp3) is 0.792. The summed E-state index contributed by atoms with van der Waals surface area (Å²) in [4.78, 5) is 138. The van der Waals surface area contributed by atoms with Gasteiger partial charge < -0.3 is 70.8 Å². The van der Waals surface area contributed by atoms with Crippen molar-refractivity contribution in [3.8, 4) is 0 Å². The third kappa shape index (κ3) is 23.5. The van der Waals surface area contributed by atoms with Crippen LogP contribution >= 0.6 is 0 Å². The van der Waals surface area contributed by atoms with E-state index in [2.05, 4.69) is 31.9 Å². The van der Waals surface area contributed by atoms with Crippen molar-refractivity contribution in [3.63, 3.8) is 0 Å². The molecule has 0 aromatic rings. The third-order valence-electron chi connectivity index (χ3n) is 12.5. The molecule has 406 valence electrons. The first kappa shape index (κ1) is 64.2. The van der Waals surface area contributed by atoms with Crippen LogP contribution in [0.4, 0.5) is 0 Å². The van der Waals surface area contributed by atoms with Crippen molar-refractivity contribution < 1.29 is 58.2 Å². The number of hydrogen-bond acceptors (Lipinski definition) is 17. The van der Waals surface area contributed by atoms with E-state index in [1.165, 1.54) is 13.8 Å². The first-order chi connectivity index (χ1) is 33.4. The molecule has 0 saturated carbocycles. The Bertz CT molecular complexity index is 1760. The van der Waals surface area contributed by atoms with Gasteiger partial charge in [-0.15, -0.1) is 0 Å². The van der Waals surface area contributed by atoms with Crippen LogP contribution in [-0.2, 0) is 47.9 Å². The van der Waals surface area contributed by atoms with Crippen LogP contribution in [0, 0.1) is 35.5 Å². The zero-order valence-electron chi connectivity index (χ0n) is 42.8. The smallest absolute Gasteiger partial charge is 0.243 e. The average molecular weight is 1010 g/mol. The summed E-state index contributed by atoms with van der Waals surface area (Å²) in [5.41, 5.74) is 29.0. The summed E-state index contributed by atoms with van der Waals surface area (Å²) in [6.07, 6.45) is -4.28. The summed E-state index contributed by atoms with van der Waals surface area (Å²) >= 11 is 0. The summed E-state index contributed by atoms with van der Waals surface area (Å²) in [5, 5.41) is 37.2. The van der Waals surface area contributed by atoms with Gasteiger partial charge in [-0.2, -0.15) is 0 Å². The highest BCUT2D eigenvalue weighted by molar-refractivity contribution is 5.98. The maximum atomic E-state index is 14.3. The van der Waals surface area contributed by atoms with Gasteiger partial charge >= 0.3 is 0 Å². The number of nitrogens with one attached hydrogen (secondary N) is 6. The van der Waals surface area contributed by atoms with Gasteiger partial charge in [0.25, 0.3) is 0 Å². The maximum Gasteiger partial charge on any atom is 0.243 e. The Hall–Kier alpha value is -4.78. The van der Waals surface area contributed by atoms with Crippen molar-refractivity contribution in [2.24, 2.45) is 64.2 Å². The summed E-state index contributed by atoms with van der Waals surface area (Å²) in [6.45, 7) is 9.61. The van der Waals surface area contributed by atoms with E-state index >= 15 is 0 Å². The molecule has 71 heavy (non-hydrogen) atoms. The minimum absolute atomic E-state index is 0.0535. The van der Waals surface area contributed by atoms with Crippen LogP contribution in [-0.4, -0.2) is 150 Å². The zero-order valence-corrected chi connectivity index (χ0v) is 42.8. The van der Waals surface area contributed by atoms with E-state index in [1.54, 1.807) is 0 Å². The molecule has 18 N–H and O–H groups in total. The number of carbonyl (C=O) groups excluding carboxylic acids is 10. The van der Waals surface area contributed by atoms with Crippen LogP contribution in [0.5, 0.6) is 0 Å². The molecule has 1 fully saturated rings. The quantitative estimate of drug-likeness (QED) is 0.0465. The lowest BCUT2D eigenvalue weighted by atomic mass is 9.88. The van der Waals surface area contributed by atoms with E-state index in [0.717, 1.165) is 0 Å². The van der Waals surface area contributed by atoms with Gasteiger partial charge in [-0.3, -0.25) is 47.9 Å². The Kier molecular flexibility index (Phi) is 30.6. The summed E-state index contributed by atoms with van der Waals surface area (Å²) < 4.78 is 0. The highest BCUT2D eigenvalue weighted by Crippen LogP contribution is 2.22. The molecule has 0 bridgehead atoms. The molecule has 23 nitrogen and oxygen atoms in total. The number of Topliss-reactive ketones (excluding diaryl/α,β-unsaturated/α-hetero) is 4. The molecule has 1 aliphatic rings. The molecule has 0 aromatic carbocycles. The Labute approximate surface area is 418 Å². The number of amides is 6. The summed E-state index contributed by atoms with van der Waals surface area (Å²) in [5.74, 6) is -11.9. The molecule has 1 aliphatic heterocycles. The van der Waals surface area contributed by atoms with Crippen LogP contribution in [0.3, 0.4) is 0 Å². The molecule has 6 amide bonds. The molecule has 0 aliphatic carbocycles. The predicted molar refractivity (Wildman–Crippen MR) is 265 cm³/mol. The Balaban J connectivity index is 3.89. The van der Waals surface area contributed by atoms with Crippen LogP contribution in [0.1, 0.15) is 125 Å². The number of rotatable bonds is 24. The van der Waals surface area contributed by atoms with Gasteiger partial charge in [0.05, 0.1) is 42.2 Å². The number of carbonyl (C=O) groups is 10. The minimum atomic E-state index is -1.40. The molecular weight excluding hydrogens is 923 g/mol. The van der Waals surface area contributed by atoms with Crippen LogP contribution in [0.25, 0.3) is 0 Å². The normalized spacial score (nSPS) is 24.7. The van der Waals surface area contributed by atoms with Crippen molar-refractivity contribution in [3.05, 3.63) is 0 Å². The summed E-state index contributed by atoms with van der Waals surface area (Å²) in [7, 11) is 0. The van der Waals surface area contributed by atoms with Crippen molar-refractivity contribution >= 4 is 58.6 Å². The standard InChI is InChI=1S/C48H87N11O12/c1-26(2)20-31-23-41(64)35(9-15-50)55-43(66)30(22-40(63)36(10-16-51)56-46(69)33(28(5)60)24-32(62)8-7-14-49)13-19-54-45(68)34(29(6)61)25-42(65)37(11-17-52)57-47(70)38(12-18-53)58-48(71)39(21-27(3)4)59-44(31)67/h26-31,33-39,60-61H,7-25,49-53H2,1-6H3,(H,54,68)(H,55,66)(H,56,69)(H,57,70)(H,58,71)(H,59,67)/t28?,29?,30-,31+,33+,34+,35+,36+,37+,38+,39+/m1/s1. The van der Waals surface area contributed by atoms with Gasteiger partial charge in [-0.1, -0.05) is 27.7 Å². The van der Waals surface area contributed by atoms with E-state index in [-0.39, 0.29) is 121 Å². The molecule has 11 atom stereocenters. The Morgan fingerprint density at radius 3 is 1.65 bits per heavy atom. The maximum absolute atomic E-state index is 14.3. The van der Waals surface area contributed by atoms with E-state index in [1.807, 2.05) is 27.7 Å². The van der Waals surface area contributed by atoms with Gasteiger partial charge in [-0.25, -0.2) is 0 Å². The van der Waals surface area contributed by atoms with Crippen molar-refractivity contribution in [2.45, 2.75) is 167 Å². The first-order valence-electron chi connectivity index (χ1n) is 25.2. The number of aliphatic hydroxyl groups is 2. The van der Waals surface area contributed by atoms with Crippen molar-refractivity contribution in [1.82, 2.24) is 31.9 Å². The molecule has 0 spiro atoms. The average Bonchev–Trinajstić information content (AvgIpc) is 3.29. The molecular formula is C48H87N11O12. The highest BCUT2D eigenvalue weighted by atomic mass is 16.3. The van der Waals surface area contributed by atoms with E-state index in [9.17, 15) is 58.2 Å². The van der Waals surface area contributed by atoms with Gasteiger partial charge in [0.2, 0.25) is 35.4 Å². The van der Waals surface area contributed by atoms with Crippen LogP contribution in [0.15, 0.2) is 0 Å². The number of hydrogen-bond donors (Lipinski definition) is 13. The number of aliphatic hydroxyl groups excluding tert-OH is 2. The fourth-order valence-electron chi connectivity index (χ4n) is 8.40. The zero-order chi connectivity index (χ0) is 54.0. The second-order valence-electron chi connectivity index (χ2n) is 19.7. The predicted octanol–water partition coefficient (Wildman–Crippen LogP) is -2.78. The first-order valence-corrected chi connectivity index (χ1v) is 25.2. The second-order valence-corrected chi connectivity index (χ2v) is 19.7. The lowest BCUT2D eigenvalue weighted by molar-refractivity contribution is -0.137. The SMILES string of the molecule is CC(C)C[C@H]1CC(=O)[C@H](CCN)NC(=O)[C@@H](CC(=O)[C@H](CCN)NC(=O)[C@@H](CC(=O)CCCN)C(C)O)CCNC(=O)[C@H](C(C)O)CC(=O)[C@H](CCN)NC(=O)[C@H](CCN)NC(=O)[C@H](CC(C)C)NC1=O. The van der Waals surface area contributed by atoms with Crippen molar-refractivity contribution in [2.75, 3.05) is 39.3 Å². The fourth-order valence-corrected chi connectivity index (χ4v) is 8.40. The lowest BCUT2D eigenvalue weighted by Crippen LogP contribution is -2.57. The lowest BCUT2D eigenvalue weighted by Gasteiger charge is -2.28. The minimum Gasteiger partial charge on any atom is -0.393 e. The monoisotopic (exact) mass is 1010 g/mol. The van der Waals surface area contributed by atoms with E-state index < -0.39 is 132 Å². The van der Waals surface area contributed by atoms with Gasteiger partial charge in [-0.05, 0) is 110 Å². The molecule has 23 heteroatoms. The third-order valence-corrected chi connectivity index (χ3v) is 12.5. The van der Waals surface area contributed by atoms with E-state index in [0.29, 0.717) is 6.42 Å². The Morgan fingerprint density at radius 1 is 0.620 bits per heavy atom. The largest absolute Gasteiger partial charge is 0.393 e. The second kappa shape index (κ2) is 33.8. The van der Waals surface area contributed by atoms with Gasteiger partial charge in [0, 0.05) is 50.5 Å². The molecule has 1 saturated heterocycles. The topological polar surface area (TPSA) is 413 Å². The van der Waals surface area contributed by atoms with Crippen LogP contribution < -0.4 is 60.6 Å². The molecule has 2 unspecified atom stereocenters. The Morgan fingerprint density at radius 2 is 1.13 bits per heavy atom. The van der Waals surface area contributed by atoms with Crippen LogP contribution in [0.2, 0.25) is 0 Å². The number of nitrogens with two attached hydrogens (primary N) is 5. The molecule has 1 heterocycles. The highest BCUT2D eigenvalue weighted by Gasteiger charge is 2.37. The van der Waals surface area contributed by atoms with Crippen molar-refractivity contribution in [1.29, 1.82) is 0 Å². The number of ketones is 4. The van der Waals surface area contributed by atoms with E-state index in [4.69, 9.17) is 28.7 Å². The van der Waals surface area contributed by atoms with Gasteiger partial charge in [0.15, 0.2) is 17.3 Å². The molecule has 0 aromatic heterocycles.